The molecule has 0 aliphatic rings. The third kappa shape index (κ3) is 4.04. The molecule has 0 spiro atoms. The molecule has 2 rings (SSSR count). The summed E-state index contributed by atoms with van der Waals surface area (Å²) in [5.41, 5.74) is 0.0908. The molecule has 1 N–H and O–H groups in total. The van der Waals surface area contributed by atoms with Gasteiger partial charge in [-0.1, -0.05) is 6.07 Å². The number of nitrogens with one attached hydrogen (secondary N) is 1. The van der Waals surface area contributed by atoms with Crippen molar-refractivity contribution < 1.29 is 22.0 Å². The van der Waals surface area contributed by atoms with E-state index in [9.17, 15) is 22.0 Å². The summed E-state index contributed by atoms with van der Waals surface area (Å²) in [7, 11) is -2.32. The monoisotopic (exact) mass is 340 g/mol. The van der Waals surface area contributed by atoms with Crippen LogP contribution >= 0.6 is 0 Å². The molecule has 0 heterocycles. The van der Waals surface area contributed by atoms with Gasteiger partial charge in [0.25, 0.3) is 5.91 Å². The Morgan fingerprint density at radius 1 is 1.09 bits per heavy atom. The minimum Gasteiger partial charge on any atom is -0.320 e. The van der Waals surface area contributed by atoms with Gasteiger partial charge in [-0.2, -0.15) is 0 Å². The van der Waals surface area contributed by atoms with Gasteiger partial charge in [0.15, 0.2) is 0 Å². The van der Waals surface area contributed by atoms with Crippen LogP contribution in [0.4, 0.5) is 20.2 Å². The first-order chi connectivity index (χ1) is 10.7. The summed E-state index contributed by atoms with van der Waals surface area (Å²) in [6, 6.07) is 8.26. The van der Waals surface area contributed by atoms with Crippen LogP contribution in [0.1, 0.15) is 10.4 Å². The maximum atomic E-state index is 13.4. The zero-order valence-electron chi connectivity index (χ0n) is 12.4. The Balaban J connectivity index is 2.39. The average Bonchev–Trinajstić information content (AvgIpc) is 2.46. The van der Waals surface area contributed by atoms with Gasteiger partial charge in [0.2, 0.25) is 10.0 Å². The second-order valence-electron chi connectivity index (χ2n) is 4.86. The summed E-state index contributed by atoms with van der Waals surface area (Å²) in [5, 5.41) is 2.40. The molecule has 2 aromatic carbocycles. The van der Waals surface area contributed by atoms with Crippen molar-refractivity contribution in [2.75, 3.05) is 22.9 Å². The van der Waals surface area contributed by atoms with Crippen molar-refractivity contribution in [2.24, 2.45) is 0 Å². The highest BCUT2D eigenvalue weighted by atomic mass is 32.2. The van der Waals surface area contributed by atoms with Gasteiger partial charge in [0.1, 0.15) is 11.6 Å². The molecule has 122 valence electrons. The highest BCUT2D eigenvalue weighted by Crippen LogP contribution is 2.28. The molecule has 0 unspecified atom stereocenters. The van der Waals surface area contributed by atoms with Gasteiger partial charge in [-0.3, -0.25) is 9.10 Å². The van der Waals surface area contributed by atoms with E-state index in [1.807, 2.05) is 0 Å². The number of halogens is 2. The van der Waals surface area contributed by atoms with Gasteiger partial charge in [0.05, 0.1) is 17.6 Å². The highest BCUT2D eigenvalue weighted by Gasteiger charge is 2.18. The van der Waals surface area contributed by atoms with E-state index >= 15 is 0 Å². The molecule has 0 saturated carbocycles. The largest absolute Gasteiger partial charge is 0.320 e. The molecule has 0 bridgehead atoms. The van der Waals surface area contributed by atoms with Crippen LogP contribution in [-0.4, -0.2) is 27.6 Å². The molecule has 5 nitrogen and oxygen atoms in total. The summed E-state index contributed by atoms with van der Waals surface area (Å²) in [6.45, 7) is 0. The van der Waals surface area contributed by atoms with E-state index in [1.165, 1.54) is 31.3 Å². The molecular formula is C15H14F2N2O3S. The van der Waals surface area contributed by atoms with Crippen molar-refractivity contribution in [3.8, 4) is 0 Å². The Morgan fingerprint density at radius 3 is 2.35 bits per heavy atom. The first-order valence-corrected chi connectivity index (χ1v) is 8.33. The van der Waals surface area contributed by atoms with Crippen LogP contribution in [0.3, 0.4) is 0 Å². The van der Waals surface area contributed by atoms with Crippen molar-refractivity contribution in [3.63, 3.8) is 0 Å². The Hall–Kier alpha value is -2.48. The van der Waals surface area contributed by atoms with Crippen LogP contribution in [-0.2, 0) is 10.0 Å². The fourth-order valence-electron chi connectivity index (χ4n) is 1.89. The minimum absolute atomic E-state index is 0.0298. The Kier molecular flexibility index (Phi) is 4.65. The number of hydrogen-bond acceptors (Lipinski definition) is 3. The first-order valence-electron chi connectivity index (χ1n) is 6.49. The number of rotatable bonds is 4. The van der Waals surface area contributed by atoms with Gasteiger partial charge in [-0.15, -0.1) is 0 Å². The molecular weight excluding hydrogens is 326 g/mol. The molecule has 0 radical (unpaired) electrons. The van der Waals surface area contributed by atoms with Crippen LogP contribution in [0.15, 0.2) is 42.5 Å². The molecule has 0 aromatic heterocycles. The second-order valence-corrected chi connectivity index (χ2v) is 6.87. The number of carbonyl (C=O) groups excluding carboxylic acids is 1. The van der Waals surface area contributed by atoms with E-state index in [1.54, 1.807) is 0 Å². The smallest absolute Gasteiger partial charge is 0.255 e. The maximum absolute atomic E-state index is 13.4. The molecule has 0 aliphatic heterocycles. The molecule has 0 saturated heterocycles. The third-order valence-electron chi connectivity index (χ3n) is 3.13. The van der Waals surface area contributed by atoms with Crippen molar-refractivity contribution in [2.45, 2.75) is 0 Å². The molecule has 8 heteroatoms. The second kappa shape index (κ2) is 6.33. The lowest BCUT2D eigenvalue weighted by molar-refractivity contribution is 0.102. The fraction of sp³-hybridized carbons (Fsp3) is 0.133. The predicted molar refractivity (Wildman–Crippen MR) is 84.0 cm³/mol. The van der Waals surface area contributed by atoms with Crippen LogP contribution in [0.2, 0.25) is 0 Å². The van der Waals surface area contributed by atoms with Crippen LogP contribution < -0.4 is 9.62 Å². The number of hydrogen-bond donors (Lipinski definition) is 1. The lowest BCUT2D eigenvalue weighted by Crippen LogP contribution is -2.26. The lowest BCUT2D eigenvalue weighted by Gasteiger charge is -2.20. The average molecular weight is 340 g/mol. The van der Waals surface area contributed by atoms with Crippen LogP contribution in [0.25, 0.3) is 0 Å². The van der Waals surface area contributed by atoms with Gasteiger partial charge in [-0.05, 0) is 36.4 Å². The lowest BCUT2D eigenvalue weighted by atomic mass is 10.2. The van der Waals surface area contributed by atoms with Gasteiger partial charge in [0, 0.05) is 12.6 Å². The summed E-state index contributed by atoms with van der Waals surface area (Å²) in [4.78, 5) is 12.1. The van der Waals surface area contributed by atoms with E-state index in [2.05, 4.69) is 5.32 Å². The number of anilines is 2. The molecule has 0 aliphatic carbocycles. The van der Waals surface area contributed by atoms with Crippen LogP contribution in [0.5, 0.6) is 0 Å². The number of benzene rings is 2. The Morgan fingerprint density at radius 2 is 1.74 bits per heavy atom. The minimum atomic E-state index is -3.60. The van der Waals surface area contributed by atoms with Crippen molar-refractivity contribution in [3.05, 3.63) is 59.7 Å². The third-order valence-corrected chi connectivity index (χ3v) is 4.32. The van der Waals surface area contributed by atoms with E-state index < -0.39 is 27.6 Å². The summed E-state index contributed by atoms with van der Waals surface area (Å²) < 4.78 is 50.8. The van der Waals surface area contributed by atoms with Crippen molar-refractivity contribution in [1.29, 1.82) is 0 Å². The fourth-order valence-corrected chi connectivity index (χ4v) is 2.40. The zero-order chi connectivity index (χ0) is 17.2. The van der Waals surface area contributed by atoms with Gasteiger partial charge in [-0.25, -0.2) is 17.2 Å². The topological polar surface area (TPSA) is 66.5 Å². The number of nitrogens with zero attached hydrogens (tertiary/aromatic N) is 1. The SMILES string of the molecule is CN(c1ccc(F)cc1NC(=O)c1cccc(F)c1)S(C)(=O)=O. The van der Waals surface area contributed by atoms with E-state index in [0.717, 1.165) is 28.8 Å². The molecule has 2 aromatic rings. The van der Waals surface area contributed by atoms with E-state index in [-0.39, 0.29) is 16.9 Å². The van der Waals surface area contributed by atoms with Crippen molar-refractivity contribution >= 4 is 27.3 Å². The molecule has 23 heavy (non-hydrogen) atoms. The summed E-state index contributed by atoms with van der Waals surface area (Å²) in [5.74, 6) is -1.92. The van der Waals surface area contributed by atoms with E-state index in [0.29, 0.717) is 0 Å². The summed E-state index contributed by atoms with van der Waals surface area (Å²) in [6.07, 6.45) is 0.981. The number of sulfonamides is 1. The highest BCUT2D eigenvalue weighted by molar-refractivity contribution is 7.92. The predicted octanol–water partition coefficient (Wildman–Crippen LogP) is 2.61. The molecule has 0 atom stereocenters. The van der Waals surface area contributed by atoms with E-state index in [4.69, 9.17) is 0 Å². The maximum Gasteiger partial charge on any atom is 0.255 e. The Bertz CT molecular complexity index is 854. The molecule has 1 amide bonds. The molecule has 0 fully saturated rings. The number of amides is 1. The zero-order valence-corrected chi connectivity index (χ0v) is 13.2. The van der Waals surface area contributed by atoms with Gasteiger partial charge >= 0.3 is 0 Å². The van der Waals surface area contributed by atoms with Crippen LogP contribution in [0, 0.1) is 11.6 Å². The quantitative estimate of drug-likeness (QED) is 0.930. The first kappa shape index (κ1) is 16.9. The number of carbonyl (C=O) groups is 1. The normalized spacial score (nSPS) is 11.1. The standard InChI is InChI=1S/C15H14F2N2O3S/c1-19(23(2,21)22)14-7-6-12(17)9-13(14)18-15(20)10-4-3-5-11(16)8-10/h3-9H,1-2H3,(H,18,20). The Labute approximate surface area is 132 Å². The van der Waals surface area contributed by atoms with Crippen molar-refractivity contribution in [1.82, 2.24) is 0 Å². The van der Waals surface area contributed by atoms with Gasteiger partial charge < -0.3 is 5.32 Å². The summed E-state index contributed by atoms with van der Waals surface area (Å²) >= 11 is 0.